The molecule has 0 N–H and O–H groups in total. The minimum absolute atomic E-state index is 0.0699. The van der Waals surface area contributed by atoms with Gasteiger partial charge >= 0.3 is 0 Å². The number of halogens is 4. The molecule has 0 bridgehead atoms. The molecule has 0 atom stereocenters. The van der Waals surface area contributed by atoms with Gasteiger partial charge in [-0.3, -0.25) is 0 Å². The molecule has 0 spiro atoms. The largest absolute Gasteiger partial charge is 0.380 e. The third-order valence-electron chi connectivity index (χ3n) is 3.68. The van der Waals surface area contributed by atoms with Crippen LogP contribution in [0.5, 0.6) is 0 Å². The van der Waals surface area contributed by atoms with Gasteiger partial charge in [-0.05, 0) is 22.4 Å². The zero-order valence-electron chi connectivity index (χ0n) is 12.2. The fourth-order valence-corrected chi connectivity index (χ4v) is 2.55. The Morgan fingerprint density at radius 3 is 2.00 bits per heavy atom. The predicted molar refractivity (Wildman–Crippen MR) is 79.9 cm³/mol. The van der Waals surface area contributed by atoms with Gasteiger partial charge in [-0.15, -0.1) is 0 Å². The van der Waals surface area contributed by atoms with Crippen LogP contribution in [-0.4, -0.2) is 7.11 Å². The molecule has 0 radical (unpaired) electrons. The van der Waals surface area contributed by atoms with Crippen LogP contribution in [-0.2, 0) is 11.3 Å². The molecular formula is C18H12F4O. The first-order valence-corrected chi connectivity index (χ1v) is 6.87. The van der Waals surface area contributed by atoms with E-state index in [2.05, 4.69) is 4.74 Å². The number of ether oxygens (including phenoxy) is 1. The summed E-state index contributed by atoms with van der Waals surface area (Å²) in [6.45, 7) is -0.552. The SMILES string of the molecule is COCc1c(F)c(F)c(-c2ccc3ccccc3c2)c(F)c1F. The zero-order chi connectivity index (χ0) is 16.6. The van der Waals surface area contributed by atoms with E-state index in [1.807, 2.05) is 12.1 Å². The molecule has 3 rings (SSSR count). The minimum Gasteiger partial charge on any atom is -0.380 e. The van der Waals surface area contributed by atoms with Gasteiger partial charge in [0.15, 0.2) is 23.3 Å². The first-order chi connectivity index (χ1) is 11.0. The summed E-state index contributed by atoms with van der Waals surface area (Å²) in [5, 5.41) is 1.57. The Balaban J connectivity index is 2.26. The number of benzene rings is 3. The van der Waals surface area contributed by atoms with Crippen molar-refractivity contribution in [1.82, 2.24) is 0 Å². The lowest BCUT2D eigenvalue weighted by Gasteiger charge is -2.12. The lowest BCUT2D eigenvalue weighted by atomic mass is 9.98. The topological polar surface area (TPSA) is 9.23 Å². The van der Waals surface area contributed by atoms with Gasteiger partial charge in [0, 0.05) is 7.11 Å². The lowest BCUT2D eigenvalue weighted by Crippen LogP contribution is -2.07. The fourth-order valence-electron chi connectivity index (χ4n) is 2.55. The predicted octanol–water partition coefficient (Wildman–Crippen LogP) is 5.21. The number of rotatable bonds is 3. The molecule has 0 saturated heterocycles. The molecule has 0 aromatic heterocycles. The molecule has 0 aliphatic carbocycles. The van der Waals surface area contributed by atoms with Gasteiger partial charge in [0.25, 0.3) is 0 Å². The van der Waals surface area contributed by atoms with Crippen LogP contribution < -0.4 is 0 Å². The van der Waals surface area contributed by atoms with E-state index < -0.39 is 41.0 Å². The average Bonchev–Trinajstić information content (AvgIpc) is 2.57. The zero-order valence-corrected chi connectivity index (χ0v) is 12.2. The summed E-state index contributed by atoms with van der Waals surface area (Å²) < 4.78 is 61.2. The monoisotopic (exact) mass is 320 g/mol. The highest BCUT2D eigenvalue weighted by Gasteiger charge is 2.26. The van der Waals surface area contributed by atoms with Crippen molar-refractivity contribution in [3.63, 3.8) is 0 Å². The number of hydrogen-bond acceptors (Lipinski definition) is 1. The second kappa shape index (κ2) is 6.01. The van der Waals surface area contributed by atoms with Crippen molar-refractivity contribution >= 4 is 10.8 Å². The molecule has 118 valence electrons. The number of methoxy groups -OCH3 is 1. The van der Waals surface area contributed by atoms with E-state index in [0.717, 1.165) is 5.39 Å². The summed E-state index contributed by atoms with van der Waals surface area (Å²) >= 11 is 0. The van der Waals surface area contributed by atoms with Crippen LogP contribution in [0.3, 0.4) is 0 Å². The van der Waals surface area contributed by atoms with Crippen LogP contribution in [0.4, 0.5) is 17.6 Å². The molecule has 0 fully saturated rings. The maximum absolute atomic E-state index is 14.3. The highest BCUT2D eigenvalue weighted by atomic mass is 19.2. The van der Waals surface area contributed by atoms with Crippen molar-refractivity contribution in [2.45, 2.75) is 6.61 Å². The number of fused-ring (bicyclic) bond motifs is 1. The van der Waals surface area contributed by atoms with Crippen molar-refractivity contribution in [2.24, 2.45) is 0 Å². The van der Waals surface area contributed by atoms with E-state index in [-0.39, 0.29) is 5.56 Å². The Kier molecular flexibility index (Phi) is 4.05. The van der Waals surface area contributed by atoms with E-state index in [1.165, 1.54) is 19.2 Å². The summed E-state index contributed by atoms with van der Waals surface area (Å²) in [7, 11) is 1.19. The quantitative estimate of drug-likeness (QED) is 0.475. The molecular weight excluding hydrogens is 308 g/mol. The van der Waals surface area contributed by atoms with Crippen LogP contribution in [0.2, 0.25) is 0 Å². The number of hydrogen-bond donors (Lipinski definition) is 0. The third-order valence-corrected chi connectivity index (χ3v) is 3.68. The maximum atomic E-state index is 14.3. The Bertz CT molecular complexity index is 861. The molecule has 3 aromatic carbocycles. The summed E-state index contributed by atoms with van der Waals surface area (Å²) in [5.41, 5.74) is -1.40. The first kappa shape index (κ1) is 15.5. The van der Waals surface area contributed by atoms with Gasteiger partial charge in [0.05, 0.1) is 17.7 Å². The molecule has 23 heavy (non-hydrogen) atoms. The minimum atomic E-state index is -1.44. The van der Waals surface area contributed by atoms with Gasteiger partial charge in [-0.25, -0.2) is 17.6 Å². The molecule has 1 nitrogen and oxygen atoms in total. The molecule has 3 aromatic rings. The maximum Gasteiger partial charge on any atom is 0.170 e. The Morgan fingerprint density at radius 2 is 1.39 bits per heavy atom. The second-order valence-electron chi connectivity index (χ2n) is 5.10. The van der Waals surface area contributed by atoms with Crippen LogP contribution in [0.1, 0.15) is 5.56 Å². The molecule has 0 saturated carbocycles. The van der Waals surface area contributed by atoms with Crippen molar-refractivity contribution in [1.29, 1.82) is 0 Å². The van der Waals surface area contributed by atoms with Crippen LogP contribution >= 0.6 is 0 Å². The summed E-state index contributed by atoms with van der Waals surface area (Å²) in [6.07, 6.45) is 0. The van der Waals surface area contributed by atoms with Crippen molar-refractivity contribution < 1.29 is 22.3 Å². The standard InChI is InChI=1S/C18H12F4O/c1-23-9-13-15(19)17(21)14(18(22)16(13)20)12-7-6-10-4-2-3-5-11(10)8-12/h2-8H,9H2,1H3. The Hall–Kier alpha value is -2.40. The molecule has 0 aliphatic rings. The van der Waals surface area contributed by atoms with E-state index in [4.69, 9.17) is 0 Å². The lowest BCUT2D eigenvalue weighted by molar-refractivity contribution is 0.175. The van der Waals surface area contributed by atoms with Gasteiger partial charge in [-0.2, -0.15) is 0 Å². The highest BCUT2D eigenvalue weighted by molar-refractivity contribution is 5.87. The Morgan fingerprint density at radius 1 is 0.783 bits per heavy atom. The van der Waals surface area contributed by atoms with Crippen molar-refractivity contribution in [3.05, 3.63) is 71.3 Å². The summed E-state index contributed by atoms with van der Waals surface area (Å²) in [5.74, 6) is -5.72. The van der Waals surface area contributed by atoms with Crippen LogP contribution in [0.15, 0.2) is 42.5 Å². The van der Waals surface area contributed by atoms with E-state index in [9.17, 15) is 17.6 Å². The molecule has 0 unspecified atom stereocenters. The van der Waals surface area contributed by atoms with E-state index >= 15 is 0 Å². The average molecular weight is 320 g/mol. The van der Waals surface area contributed by atoms with E-state index in [0.29, 0.717) is 5.39 Å². The fraction of sp³-hybridized carbons (Fsp3) is 0.111. The van der Waals surface area contributed by atoms with Crippen molar-refractivity contribution in [3.8, 4) is 11.1 Å². The van der Waals surface area contributed by atoms with E-state index in [1.54, 1.807) is 18.2 Å². The smallest absolute Gasteiger partial charge is 0.170 e. The molecule has 0 amide bonds. The van der Waals surface area contributed by atoms with Gasteiger partial charge in [0.1, 0.15) is 0 Å². The van der Waals surface area contributed by atoms with Gasteiger partial charge < -0.3 is 4.74 Å². The van der Waals surface area contributed by atoms with Crippen molar-refractivity contribution in [2.75, 3.05) is 7.11 Å². The third kappa shape index (κ3) is 2.57. The first-order valence-electron chi connectivity index (χ1n) is 6.87. The van der Waals surface area contributed by atoms with Gasteiger partial charge in [-0.1, -0.05) is 36.4 Å². The Labute approximate surface area is 130 Å². The van der Waals surface area contributed by atoms with Gasteiger partial charge in [0.2, 0.25) is 0 Å². The molecule has 5 heteroatoms. The second-order valence-corrected chi connectivity index (χ2v) is 5.10. The normalized spacial score (nSPS) is 11.2. The summed E-state index contributed by atoms with van der Waals surface area (Å²) in [6, 6.07) is 11.7. The molecule has 0 heterocycles. The van der Waals surface area contributed by atoms with Crippen LogP contribution in [0, 0.1) is 23.3 Å². The highest BCUT2D eigenvalue weighted by Crippen LogP contribution is 2.33. The summed E-state index contributed by atoms with van der Waals surface area (Å²) in [4.78, 5) is 0. The molecule has 0 aliphatic heterocycles. The van der Waals surface area contributed by atoms with Crippen LogP contribution in [0.25, 0.3) is 21.9 Å².